The number of benzene rings is 1. The molecule has 1 saturated heterocycles. The van der Waals surface area contributed by atoms with Crippen molar-refractivity contribution in [3.8, 4) is 0 Å². The number of hydrogen-bond acceptors (Lipinski definition) is 1. The Morgan fingerprint density at radius 2 is 2.11 bits per heavy atom. The topological polar surface area (TPSA) is 20.3 Å². The van der Waals surface area contributed by atoms with Gasteiger partial charge in [-0.25, -0.2) is 0 Å². The first-order chi connectivity index (χ1) is 9.11. The third-order valence-electron chi connectivity index (χ3n) is 3.43. The third kappa shape index (κ3) is 3.96. The lowest BCUT2D eigenvalue weighted by molar-refractivity contribution is 0.0702. The molecule has 1 fully saturated rings. The fraction of sp³-hybridized carbons (Fsp3) is 0.500. The van der Waals surface area contributed by atoms with Crippen LogP contribution in [-0.4, -0.2) is 28.7 Å². The first kappa shape index (κ1) is 15.3. The van der Waals surface area contributed by atoms with E-state index in [2.05, 4.69) is 31.9 Å². The van der Waals surface area contributed by atoms with Crippen LogP contribution in [0.2, 0.25) is 5.02 Å². The second-order valence-corrected chi connectivity index (χ2v) is 6.81. The van der Waals surface area contributed by atoms with Gasteiger partial charge in [-0.3, -0.25) is 4.79 Å². The van der Waals surface area contributed by atoms with Gasteiger partial charge in [0, 0.05) is 33.0 Å². The molecule has 0 aliphatic carbocycles. The van der Waals surface area contributed by atoms with E-state index < -0.39 is 0 Å². The highest BCUT2D eigenvalue weighted by Gasteiger charge is 2.25. The van der Waals surface area contributed by atoms with E-state index in [9.17, 15) is 4.79 Å². The summed E-state index contributed by atoms with van der Waals surface area (Å²) in [7, 11) is 0. The number of amides is 1. The first-order valence-corrected chi connectivity index (χ1v) is 8.74. The number of nitrogens with zero attached hydrogens (tertiary/aromatic N) is 1. The van der Waals surface area contributed by atoms with Gasteiger partial charge in [0.25, 0.3) is 5.91 Å². The van der Waals surface area contributed by atoms with Crippen LogP contribution in [0.15, 0.2) is 22.7 Å². The van der Waals surface area contributed by atoms with Crippen LogP contribution in [0.4, 0.5) is 0 Å². The fourth-order valence-corrected chi connectivity index (χ4v) is 3.98. The lowest BCUT2D eigenvalue weighted by Crippen LogP contribution is -2.41. The summed E-state index contributed by atoms with van der Waals surface area (Å²) in [5.41, 5.74) is 0.659. The molecule has 0 saturated carbocycles. The van der Waals surface area contributed by atoms with Crippen molar-refractivity contribution in [3.05, 3.63) is 33.3 Å². The van der Waals surface area contributed by atoms with Gasteiger partial charge >= 0.3 is 0 Å². The van der Waals surface area contributed by atoms with Gasteiger partial charge in [0.15, 0.2) is 0 Å². The van der Waals surface area contributed by atoms with Crippen molar-refractivity contribution in [3.63, 3.8) is 0 Å². The van der Waals surface area contributed by atoms with Crippen LogP contribution in [0.3, 0.4) is 0 Å². The molecule has 0 spiro atoms. The molecule has 104 valence electrons. The van der Waals surface area contributed by atoms with Crippen LogP contribution in [0.1, 0.15) is 36.0 Å². The van der Waals surface area contributed by atoms with E-state index in [1.165, 1.54) is 12.8 Å². The predicted octanol–water partition coefficient (Wildman–Crippen LogP) is 4.88. The lowest BCUT2D eigenvalue weighted by atomic mass is 10.1. The molecule has 1 aliphatic rings. The van der Waals surface area contributed by atoms with Crippen molar-refractivity contribution >= 4 is 49.4 Å². The Morgan fingerprint density at radius 3 is 2.79 bits per heavy atom. The standard InChI is InChI=1S/C14H16Br2ClNO/c15-9-13-4-2-1-3-5-18(13)14(19)10-6-11(16)8-12(17)7-10/h6-8,13H,1-5,9H2. The molecule has 2 nitrogen and oxygen atoms in total. The summed E-state index contributed by atoms with van der Waals surface area (Å²) in [5, 5.41) is 1.42. The minimum atomic E-state index is 0.0783. The fourth-order valence-electron chi connectivity index (χ4n) is 2.45. The Hall–Kier alpha value is -0.0600. The van der Waals surface area contributed by atoms with Crippen molar-refractivity contribution in [2.24, 2.45) is 0 Å². The maximum Gasteiger partial charge on any atom is 0.254 e. The number of halogens is 3. The highest BCUT2D eigenvalue weighted by atomic mass is 79.9. The van der Waals surface area contributed by atoms with Crippen LogP contribution >= 0.6 is 43.5 Å². The van der Waals surface area contributed by atoms with Crippen molar-refractivity contribution in [2.45, 2.75) is 31.7 Å². The van der Waals surface area contributed by atoms with E-state index in [4.69, 9.17) is 11.6 Å². The van der Waals surface area contributed by atoms with Crippen LogP contribution in [0.25, 0.3) is 0 Å². The molecule has 1 amide bonds. The van der Waals surface area contributed by atoms with Crippen molar-refractivity contribution in [1.82, 2.24) is 4.90 Å². The van der Waals surface area contributed by atoms with Gasteiger partial charge in [-0.05, 0) is 31.0 Å². The molecular formula is C14H16Br2ClNO. The molecule has 1 aromatic rings. The van der Waals surface area contributed by atoms with E-state index in [1.54, 1.807) is 12.1 Å². The quantitative estimate of drug-likeness (QED) is 0.638. The number of likely N-dealkylation sites (tertiary alicyclic amines) is 1. The second-order valence-electron chi connectivity index (χ2n) is 4.81. The Balaban J connectivity index is 2.25. The van der Waals surface area contributed by atoms with Crippen LogP contribution in [-0.2, 0) is 0 Å². The van der Waals surface area contributed by atoms with Crippen molar-refractivity contribution < 1.29 is 4.79 Å². The number of carbonyl (C=O) groups excluding carboxylic acids is 1. The molecular weight excluding hydrogens is 393 g/mol. The van der Waals surface area contributed by atoms with Gasteiger partial charge in [-0.1, -0.05) is 56.3 Å². The first-order valence-electron chi connectivity index (χ1n) is 6.45. The SMILES string of the molecule is O=C(c1cc(Cl)cc(Br)c1)N1CCCCCC1CBr. The summed E-state index contributed by atoms with van der Waals surface area (Å²) in [4.78, 5) is 14.6. The molecule has 0 radical (unpaired) electrons. The maximum absolute atomic E-state index is 12.7. The summed E-state index contributed by atoms with van der Waals surface area (Å²) < 4.78 is 0.841. The highest BCUT2D eigenvalue weighted by Crippen LogP contribution is 2.24. The van der Waals surface area contributed by atoms with E-state index in [1.807, 2.05) is 11.0 Å². The average Bonchev–Trinajstić information content (AvgIpc) is 2.61. The predicted molar refractivity (Wildman–Crippen MR) is 86.2 cm³/mol. The Morgan fingerprint density at radius 1 is 1.32 bits per heavy atom. The smallest absolute Gasteiger partial charge is 0.254 e. The van der Waals surface area contributed by atoms with Gasteiger partial charge < -0.3 is 4.90 Å². The van der Waals surface area contributed by atoms with Gasteiger partial charge in [0.05, 0.1) is 0 Å². The molecule has 1 aliphatic heterocycles. The van der Waals surface area contributed by atoms with Gasteiger partial charge in [0.1, 0.15) is 0 Å². The number of hydrogen-bond donors (Lipinski definition) is 0. The average molecular weight is 410 g/mol. The molecule has 0 N–H and O–H groups in total. The summed E-state index contributed by atoms with van der Waals surface area (Å²) in [6, 6.07) is 5.66. The van der Waals surface area contributed by atoms with Gasteiger partial charge in [-0.15, -0.1) is 0 Å². The van der Waals surface area contributed by atoms with Gasteiger partial charge in [0.2, 0.25) is 0 Å². The van der Waals surface area contributed by atoms with Crippen LogP contribution in [0, 0.1) is 0 Å². The number of carbonyl (C=O) groups is 1. The zero-order valence-corrected chi connectivity index (χ0v) is 14.5. The van der Waals surface area contributed by atoms with Gasteiger partial charge in [-0.2, -0.15) is 0 Å². The van der Waals surface area contributed by atoms with E-state index in [0.717, 1.165) is 29.2 Å². The monoisotopic (exact) mass is 407 g/mol. The molecule has 5 heteroatoms. The molecule has 1 unspecified atom stereocenters. The summed E-state index contributed by atoms with van der Waals surface area (Å²) in [6.07, 6.45) is 4.54. The van der Waals surface area contributed by atoms with E-state index in [-0.39, 0.29) is 11.9 Å². The van der Waals surface area contributed by atoms with E-state index in [0.29, 0.717) is 10.6 Å². The minimum absolute atomic E-state index is 0.0783. The molecule has 1 heterocycles. The molecule has 0 aromatic heterocycles. The number of alkyl halides is 1. The lowest BCUT2D eigenvalue weighted by Gasteiger charge is -2.29. The zero-order valence-electron chi connectivity index (χ0n) is 10.5. The zero-order chi connectivity index (χ0) is 13.8. The molecule has 1 atom stereocenters. The Kier molecular flexibility index (Phi) is 5.72. The second kappa shape index (κ2) is 7.09. The molecule has 2 rings (SSSR count). The molecule has 0 bridgehead atoms. The summed E-state index contributed by atoms with van der Waals surface area (Å²) in [5.74, 6) is 0.0783. The maximum atomic E-state index is 12.7. The highest BCUT2D eigenvalue weighted by molar-refractivity contribution is 9.10. The largest absolute Gasteiger partial charge is 0.335 e. The molecule has 19 heavy (non-hydrogen) atoms. The normalized spacial score (nSPS) is 20.2. The van der Waals surface area contributed by atoms with Crippen molar-refractivity contribution in [1.29, 1.82) is 0 Å². The minimum Gasteiger partial charge on any atom is -0.335 e. The van der Waals surface area contributed by atoms with Crippen LogP contribution in [0.5, 0.6) is 0 Å². The number of rotatable bonds is 2. The third-order valence-corrected chi connectivity index (χ3v) is 4.85. The summed E-state index contributed by atoms with van der Waals surface area (Å²) in [6.45, 7) is 0.833. The molecule has 1 aromatic carbocycles. The van der Waals surface area contributed by atoms with E-state index >= 15 is 0 Å². The Labute approximate surface area is 135 Å². The summed E-state index contributed by atoms with van der Waals surface area (Å²) >= 11 is 12.9. The Bertz CT molecular complexity index is 447. The van der Waals surface area contributed by atoms with Crippen LogP contribution < -0.4 is 0 Å². The van der Waals surface area contributed by atoms with Crippen molar-refractivity contribution in [2.75, 3.05) is 11.9 Å².